The molecule has 9 heteroatoms. The molecule has 32 heavy (non-hydrogen) atoms. The second kappa shape index (κ2) is 10.8. The smallest absolute Gasteiger partial charge is 0.262 e. The number of likely N-dealkylation sites (N-methyl/N-ethyl adjacent to an activating group) is 1. The Kier molecular flexibility index (Phi) is 7.88. The summed E-state index contributed by atoms with van der Waals surface area (Å²) >= 11 is 5.30. The second-order valence-electron chi connectivity index (χ2n) is 7.55. The summed E-state index contributed by atoms with van der Waals surface area (Å²) in [6.07, 6.45) is 2.37. The van der Waals surface area contributed by atoms with Gasteiger partial charge in [0.2, 0.25) is 11.8 Å². The molecule has 1 heterocycles. The molecule has 0 spiro atoms. The zero-order valence-corrected chi connectivity index (χ0v) is 18.6. The number of fused-ring (bicyclic) bond motifs is 1. The van der Waals surface area contributed by atoms with Gasteiger partial charge in [0.15, 0.2) is 4.77 Å². The number of para-hydroxylation sites is 1. The van der Waals surface area contributed by atoms with E-state index in [1.54, 1.807) is 23.7 Å². The Morgan fingerprint density at radius 1 is 1.12 bits per heavy atom. The molecule has 7 nitrogen and oxygen atoms in total. The van der Waals surface area contributed by atoms with Crippen LogP contribution in [0, 0.1) is 10.6 Å². The average molecular weight is 457 g/mol. The lowest BCUT2D eigenvalue weighted by Crippen LogP contribution is -2.34. The highest BCUT2D eigenvalue weighted by Gasteiger charge is 2.13. The summed E-state index contributed by atoms with van der Waals surface area (Å²) in [7, 11) is 1.56. The second-order valence-corrected chi connectivity index (χ2v) is 7.94. The van der Waals surface area contributed by atoms with E-state index in [2.05, 4.69) is 10.3 Å². The molecule has 3 rings (SSSR count). The number of anilines is 1. The van der Waals surface area contributed by atoms with Gasteiger partial charge in [0.25, 0.3) is 5.56 Å². The molecule has 0 saturated carbocycles. The molecule has 3 aromatic rings. The van der Waals surface area contributed by atoms with Crippen molar-refractivity contribution in [2.45, 2.75) is 32.2 Å². The number of carbonyl (C=O) groups is 2. The zero-order chi connectivity index (χ0) is 23.1. The number of aromatic amines is 1. The van der Waals surface area contributed by atoms with Gasteiger partial charge in [-0.05, 0) is 55.4 Å². The van der Waals surface area contributed by atoms with Gasteiger partial charge in [-0.3, -0.25) is 19.0 Å². The third-order valence-corrected chi connectivity index (χ3v) is 5.40. The molecule has 0 unspecified atom stereocenters. The van der Waals surface area contributed by atoms with Crippen LogP contribution in [-0.2, 0) is 16.1 Å². The molecule has 1 aromatic heterocycles. The lowest BCUT2D eigenvalue weighted by molar-refractivity contribution is -0.133. The third-order valence-electron chi connectivity index (χ3n) is 5.08. The van der Waals surface area contributed by atoms with Crippen molar-refractivity contribution in [3.05, 3.63) is 69.5 Å². The minimum Gasteiger partial charge on any atom is -0.336 e. The number of nitrogens with one attached hydrogen (secondary N) is 2. The van der Waals surface area contributed by atoms with Crippen molar-refractivity contribution < 1.29 is 14.0 Å². The molecule has 0 bridgehead atoms. The average Bonchev–Trinajstić information content (AvgIpc) is 2.75. The molecule has 0 radical (unpaired) electrons. The fourth-order valence-electron chi connectivity index (χ4n) is 3.39. The van der Waals surface area contributed by atoms with Crippen molar-refractivity contribution >= 4 is 40.6 Å². The summed E-state index contributed by atoms with van der Waals surface area (Å²) in [5.74, 6) is -0.991. The van der Waals surface area contributed by atoms with Crippen LogP contribution in [0.3, 0.4) is 0 Å². The van der Waals surface area contributed by atoms with Crippen LogP contribution >= 0.6 is 12.2 Å². The maximum absolute atomic E-state index is 13.2. The molecule has 2 N–H and O–H groups in total. The van der Waals surface area contributed by atoms with E-state index in [9.17, 15) is 18.8 Å². The number of hydrogen-bond acceptors (Lipinski definition) is 4. The summed E-state index contributed by atoms with van der Waals surface area (Å²) in [6.45, 7) is 0.357. The first-order valence-corrected chi connectivity index (χ1v) is 10.8. The summed E-state index contributed by atoms with van der Waals surface area (Å²) in [5, 5.41) is 3.16. The van der Waals surface area contributed by atoms with Gasteiger partial charge in [0.05, 0.1) is 17.4 Å². The quantitative estimate of drug-likeness (QED) is 0.378. The predicted molar refractivity (Wildman–Crippen MR) is 125 cm³/mol. The van der Waals surface area contributed by atoms with Crippen LogP contribution in [0.15, 0.2) is 53.3 Å². The number of nitrogens with zero attached hydrogens (tertiary/aromatic N) is 2. The summed E-state index contributed by atoms with van der Waals surface area (Å²) in [5.41, 5.74) is 0.941. The molecule has 0 atom stereocenters. The first-order valence-electron chi connectivity index (χ1n) is 10.4. The highest BCUT2D eigenvalue weighted by atomic mass is 32.1. The normalized spacial score (nSPS) is 10.8. The SMILES string of the molecule is CN(CC(=O)Nc1cccc(F)c1)C(=O)CCCCCn1c(=S)[nH]c2ccccc2c1=O. The molecule has 0 saturated heterocycles. The van der Waals surface area contributed by atoms with E-state index in [1.807, 2.05) is 18.2 Å². The van der Waals surface area contributed by atoms with Gasteiger partial charge in [0, 0.05) is 25.7 Å². The number of unbranched alkanes of at least 4 members (excludes halogenated alkanes) is 2. The van der Waals surface area contributed by atoms with E-state index in [1.165, 1.54) is 23.1 Å². The number of benzene rings is 2. The third kappa shape index (κ3) is 6.10. The van der Waals surface area contributed by atoms with Crippen molar-refractivity contribution in [3.63, 3.8) is 0 Å². The lowest BCUT2D eigenvalue weighted by Gasteiger charge is -2.17. The van der Waals surface area contributed by atoms with Gasteiger partial charge in [-0.2, -0.15) is 0 Å². The van der Waals surface area contributed by atoms with Crippen molar-refractivity contribution in [2.24, 2.45) is 0 Å². The summed E-state index contributed by atoms with van der Waals surface area (Å²) in [4.78, 5) is 41.4. The van der Waals surface area contributed by atoms with Crippen LogP contribution in [0.4, 0.5) is 10.1 Å². The van der Waals surface area contributed by atoms with Crippen LogP contribution < -0.4 is 10.9 Å². The number of rotatable bonds is 9. The topological polar surface area (TPSA) is 87.2 Å². The van der Waals surface area contributed by atoms with Gasteiger partial charge in [-0.1, -0.05) is 24.6 Å². The number of hydrogen-bond donors (Lipinski definition) is 2. The number of H-pyrrole nitrogens is 1. The van der Waals surface area contributed by atoms with E-state index in [0.717, 1.165) is 6.42 Å². The molecule has 0 aliphatic carbocycles. The van der Waals surface area contributed by atoms with Gasteiger partial charge < -0.3 is 15.2 Å². The van der Waals surface area contributed by atoms with Crippen LogP contribution in [-0.4, -0.2) is 39.9 Å². The maximum Gasteiger partial charge on any atom is 0.262 e. The highest BCUT2D eigenvalue weighted by Crippen LogP contribution is 2.10. The molecule has 2 aromatic carbocycles. The lowest BCUT2D eigenvalue weighted by atomic mass is 10.1. The molecule has 168 valence electrons. The van der Waals surface area contributed by atoms with E-state index in [4.69, 9.17) is 12.2 Å². The Labute approximate surface area is 189 Å². The largest absolute Gasteiger partial charge is 0.336 e. The summed E-state index contributed by atoms with van der Waals surface area (Å²) < 4.78 is 15.1. The van der Waals surface area contributed by atoms with Crippen molar-refractivity contribution in [1.82, 2.24) is 14.5 Å². The van der Waals surface area contributed by atoms with E-state index < -0.39 is 11.7 Å². The van der Waals surface area contributed by atoms with E-state index in [-0.39, 0.29) is 18.0 Å². The monoisotopic (exact) mass is 456 g/mol. The van der Waals surface area contributed by atoms with Gasteiger partial charge >= 0.3 is 0 Å². The highest BCUT2D eigenvalue weighted by molar-refractivity contribution is 7.71. The molecular weight excluding hydrogens is 431 g/mol. The van der Waals surface area contributed by atoms with Crippen LogP contribution in [0.2, 0.25) is 0 Å². The first kappa shape index (κ1) is 23.3. The van der Waals surface area contributed by atoms with Gasteiger partial charge in [-0.15, -0.1) is 0 Å². The summed E-state index contributed by atoms with van der Waals surface area (Å²) in [6, 6.07) is 12.8. The fraction of sp³-hybridized carbons (Fsp3) is 0.304. The number of aromatic nitrogens is 2. The van der Waals surface area contributed by atoms with Crippen LogP contribution in [0.25, 0.3) is 10.9 Å². The standard InChI is InChI=1S/C23H25FN4O3S/c1-27(15-20(29)25-17-9-7-8-16(24)14-17)21(30)12-3-2-6-13-28-22(31)18-10-4-5-11-19(18)26-23(28)32/h4-5,7-11,14H,2-3,6,12-13,15H2,1H3,(H,25,29)(H,26,32). The molecule has 0 aliphatic heterocycles. The fourth-order valence-corrected chi connectivity index (χ4v) is 3.67. The van der Waals surface area contributed by atoms with Gasteiger partial charge in [-0.25, -0.2) is 4.39 Å². The minimum absolute atomic E-state index is 0.114. The van der Waals surface area contributed by atoms with Crippen molar-refractivity contribution in [1.29, 1.82) is 0 Å². The van der Waals surface area contributed by atoms with E-state index >= 15 is 0 Å². The molecular formula is C23H25FN4O3S. The maximum atomic E-state index is 13.2. The molecule has 2 amide bonds. The van der Waals surface area contributed by atoms with Crippen LogP contribution in [0.5, 0.6) is 0 Å². The molecule has 0 fully saturated rings. The van der Waals surface area contributed by atoms with Crippen molar-refractivity contribution in [3.8, 4) is 0 Å². The van der Waals surface area contributed by atoms with Crippen molar-refractivity contribution in [2.75, 3.05) is 18.9 Å². The number of halogens is 1. The first-order chi connectivity index (χ1) is 15.3. The minimum atomic E-state index is -0.445. The van der Waals surface area contributed by atoms with Gasteiger partial charge in [0.1, 0.15) is 5.82 Å². The Bertz CT molecular complexity index is 1240. The number of amides is 2. The molecule has 0 aliphatic rings. The Morgan fingerprint density at radius 2 is 1.91 bits per heavy atom. The Balaban J connectivity index is 1.42. The number of carbonyl (C=O) groups excluding carboxylic acids is 2. The predicted octanol–water partition coefficient (Wildman–Crippen LogP) is 3.86. The van der Waals surface area contributed by atoms with Crippen LogP contribution in [0.1, 0.15) is 25.7 Å². The Hall–Kier alpha value is -3.33. The zero-order valence-electron chi connectivity index (χ0n) is 17.8. The van der Waals surface area contributed by atoms with E-state index in [0.29, 0.717) is 47.2 Å². The Morgan fingerprint density at radius 3 is 2.69 bits per heavy atom.